The lowest BCUT2D eigenvalue weighted by Crippen LogP contribution is -2.14. The van der Waals surface area contributed by atoms with Crippen molar-refractivity contribution in [2.24, 2.45) is 0 Å². The van der Waals surface area contributed by atoms with Crippen molar-refractivity contribution < 1.29 is 27.5 Å². The van der Waals surface area contributed by atoms with Crippen LogP contribution in [0.5, 0.6) is 0 Å². The largest absolute Gasteiger partial charge is 0.462 e. The van der Waals surface area contributed by atoms with Crippen molar-refractivity contribution in [3.05, 3.63) is 29.3 Å². The Morgan fingerprint density at radius 3 is 2.52 bits per heavy atom. The number of ether oxygens (including phenoxy) is 1. The van der Waals surface area contributed by atoms with Crippen LogP contribution in [0.2, 0.25) is 0 Å². The molecule has 0 saturated heterocycles. The number of halogens is 4. The van der Waals surface area contributed by atoms with Crippen LogP contribution in [0.1, 0.15) is 22.8 Å². The van der Waals surface area contributed by atoms with Crippen LogP contribution in [-0.2, 0) is 16.0 Å². The number of carbonyl (C=O) groups is 2. The molecule has 116 valence electrons. The van der Waals surface area contributed by atoms with E-state index in [9.17, 15) is 22.8 Å². The SMILES string of the molecule is CCOC(=O)c1c(CC(=O)CBr)cccc1SC(F)(F)F. The normalized spacial score (nSPS) is 11.3. The van der Waals surface area contributed by atoms with Crippen LogP contribution in [0.15, 0.2) is 23.1 Å². The van der Waals surface area contributed by atoms with Gasteiger partial charge in [-0.05, 0) is 30.3 Å². The molecule has 0 aliphatic rings. The van der Waals surface area contributed by atoms with Crippen molar-refractivity contribution in [1.29, 1.82) is 0 Å². The third-order valence-corrected chi connectivity index (χ3v) is 3.77. The van der Waals surface area contributed by atoms with Gasteiger partial charge in [-0.15, -0.1) is 0 Å². The van der Waals surface area contributed by atoms with E-state index in [1.54, 1.807) is 6.92 Å². The van der Waals surface area contributed by atoms with Crippen LogP contribution in [-0.4, -0.2) is 29.2 Å². The predicted molar refractivity (Wildman–Crippen MR) is 76.8 cm³/mol. The molecule has 1 aromatic rings. The fourth-order valence-corrected chi connectivity index (χ4v) is 2.54. The van der Waals surface area contributed by atoms with Crippen LogP contribution in [0, 0.1) is 0 Å². The van der Waals surface area contributed by atoms with Crippen molar-refractivity contribution in [3.63, 3.8) is 0 Å². The molecule has 3 nitrogen and oxygen atoms in total. The lowest BCUT2D eigenvalue weighted by Gasteiger charge is -2.14. The molecule has 8 heteroatoms. The zero-order chi connectivity index (χ0) is 16.0. The van der Waals surface area contributed by atoms with Crippen molar-refractivity contribution in [2.75, 3.05) is 11.9 Å². The van der Waals surface area contributed by atoms with E-state index in [0.717, 1.165) is 0 Å². The van der Waals surface area contributed by atoms with Gasteiger partial charge in [0.05, 0.1) is 17.5 Å². The number of hydrogen-bond acceptors (Lipinski definition) is 4. The molecule has 0 fully saturated rings. The van der Waals surface area contributed by atoms with Gasteiger partial charge < -0.3 is 4.74 Å². The molecular weight excluding hydrogens is 373 g/mol. The summed E-state index contributed by atoms with van der Waals surface area (Å²) in [6.07, 6.45) is -0.133. The highest BCUT2D eigenvalue weighted by atomic mass is 79.9. The quantitative estimate of drug-likeness (QED) is 0.422. The van der Waals surface area contributed by atoms with Gasteiger partial charge in [0, 0.05) is 11.3 Å². The summed E-state index contributed by atoms with van der Waals surface area (Å²) in [7, 11) is 0. The molecule has 0 aromatic heterocycles. The molecule has 0 unspecified atom stereocenters. The maximum Gasteiger partial charge on any atom is 0.446 e. The van der Waals surface area contributed by atoms with Crippen LogP contribution in [0.25, 0.3) is 0 Å². The summed E-state index contributed by atoms with van der Waals surface area (Å²) in [5.74, 6) is -1.10. The topological polar surface area (TPSA) is 43.4 Å². The van der Waals surface area contributed by atoms with Crippen LogP contribution in [0.4, 0.5) is 13.2 Å². The summed E-state index contributed by atoms with van der Waals surface area (Å²) in [6.45, 7) is 1.59. The molecule has 0 bridgehead atoms. The second kappa shape index (κ2) is 7.84. The first kappa shape index (κ1) is 18.0. The standard InChI is InChI=1S/C13H12BrF3O3S/c1-2-20-12(19)11-8(6-9(18)7-14)4-3-5-10(11)21-13(15,16)17/h3-5H,2,6-7H2,1H3. The second-order valence-corrected chi connectivity index (χ2v) is 5.58. The Balaban J connectivity index is 3.26. The summed E-state index contributed by atoms with van der Waals surface area (Å²) in [5.41, 5.74) is -4.50. The van der Waals surface area contributed by atoms with Gasteiger partial charge in [-0.1, -0.05) is 28.1 Å². The molecular formula is C13H12BrF3O3S. The van der Waals surface area contributed by atoms with Gasteiger partial charge >= 0.3 is 11.5 Å². The zero-order valence-electron chi connectivity index (χ0n) is 11.0. The number of alkyl halides is 4. The van der Waals surface area contributed by atoms with Crippen molar-refractivity contribution >= 4 is 39.4 Å². The lowest BCUT2D eigenvalue weighted by molar-refractivity contribution is -0.115. The summed E-state index contributed by atoms with van der Waals surface area (Å²) in [4.78, 5) is 23.1. The average Bonchev–Trinajstić information content (AvgIpc) is 2.37. The third kappa shape index (κ3) is 5.70. The lowest BCUT2D eigenvalue weighted by atomic mass is 10.0. The van der Waals surface area contributed by atoms with E-state index < -0.39 is 23.2 Å². The van der Waals surface area contributed by atoms with Gasteiger partial charge in [-0.2, -0.15) is 13.2 Å². The number of carbonyl (C=O) groups excluding carboxylic acids is 2. The van der Waals surface area contributed by atoms with E-state index in [4.69, 9.17) is 4.74 Å². The maximum atomic E-state index is 12.6. The molecule has 0 spiro atoms. The Bertz CT molecular complexity index is 532. The highest BCUT2D eigenvalue weighted by Crippen LogP contribution is 2.39. The minimum atomic E-state index is -4.53. The summed E-state index contributed by atoms with van der Waals surface area (Å²) >= 11 is 2.59. The Morgan fingerprint density at radius 1 is 1.33 bits per heavy atom. The number of benzene rings is 1. The second-order valence-electron chi connectivity index (χ2n) is 3.91. The molecule has 0 aliphatic carbocycles. The summed E-state index contributed by atoms with van der Waals surface area (Å²) in [6, 6.07) is 4.02. The van der Waals surface area contributed by atoms with Crippen molar-refractivity contribution in [3.8, 4) is 0 Å². The van der Waals surface area contributed by atoms with Crippen LogP contribution < -0.4 is 0 Å². The number of thioether (sulfide) groups is 1. The number of ketones is 1. The molecule has 0 radical (unpaired) electrons. The summed E-state index contributed by atoms with van der Waals surface area (Å²) in [5, 5.41) is 0.0614. The first-order valence-corrected chi connectivity index (χ1v) is 7.84. The van der Waals surface area contributed by atoms with E-state index in [1.165, 1.54) is 18.2 Å². The van der Waals surface area contributed by atoms with Gasteiger partial charge in [0.1, 0.15) is 5.78 Å². The minimum absolute atomic E-state index is 0.0374. The first-order valence-electron chi connectivity index (χ1n) is 5.91. The predicted octanol–water partition coefficient (Wildman–Crippen LogP) is 3.98. The highest BCUT2D eigenvalue weighted by molar-refractivity contribution is 9.09. The van der Waals surface area contributed by atoms with E-state index in [0.29, 0.717) is 0 Å². The fraction of sp³-hybridized carbons (Fsp3) is 0.385. The van der Waals surface area contributed by atoms with E-state index in [1.807, 2.05) is 0 Å². The maximum absolute atomic E-state index is 12.6. The van der Waals surface area contributed by atoms with Crippen LogP contribution in [0.3, 0.4) is 0 Å². The molecule has 0 heterocycles. The van der Waals surface area contributed by atoms with Gasteiger partial charge in [-0.3, -0.25) is 4.79 Å². The van der Waals surface area contributed by atoms with Crippen molar-refractivity contribution in [1.82, 2.24) is 0 Å². The van der Waals surface area contributed by atoms with E-state index >= 15 is 0 Å². The molecule has 0 atom stereocenters. The van der Waals surface area contributed by atoms with Gasteiger partial charge in [0.25, 0.3) is 0 Å². The zero-order valence-corrected chi connectivity index (χ0v) is 13.4. The molecule has 21 heavy (non-hydrogen) atoms. The number of Topliss-reactive ketones (excluding diaryl/α,β-unsaturated/α-hetero) is 1. The van der Waals surface area contributed by atoms with Gasteiger partial charge in [-0.25, -0.2) is 4.79 Å². The Hall–Kier alpha value is -1.02. The van der Waals surface area contributed by atoms with Gasteiger partial charge in [0.15, 0.2) is 0 Å². The average molecular weight is 385 g/mol. The molecule has 1 aromatic carbocycles. The molecule has 0 amide bonds. The number of esters is 1. The fourth-order valence-electron chi connectivity index (χ4n) is 1.63. The van der Waals surface area contributed by atoms with Crippen LogP contribution >= 0.6 is 27.7 Å². The van der Waals surface area contributed by atoms with Gasteiger partial charge in [0.2, 0.25) is 0 Å². The minimum Gasteiger partial charge on any atom is -0.462 e. The Morgan fingerprint density at radius 2 is 2.00 bits per heavy atom. The molecule has 0 N–H and O–H groups in total. The molecule has 1 rings (SSSR count). The van der Waals surface area contributed by atoms with E-state index in [2.05, 4.69) is 15.9 Å². The third-order valence-electron chi connectivity index (χ3n) is 2.35. The summed E-state index contributed by atoms with van der Waals surface area (Å²) < 4.78 is 42.5. The highest BCUT2D eigenvalue weighted by Gasteiger charge is 2.32. The number of rotatable bonds is 6. The first-order chi connectivity index (χ1) is 9.78. The van der Waals surface area contributed by atoms with Crippen molar-refractivity contribution in [2.45, 2.75) is 23.7 Å². The molecule has 0 saturated carbocycles. The Labute approximate surface area is 132 Å². The van der Waals surface area contributed by atoms with E-state index in [-0.39, 0.29) is 40.2 Å². The Kier molecular flexibility index (Phi) is 6.73. The smallest absolute Gasteiger partial charge is 0.446 e. The number of hydrogen-bond donors (Lipinski definition) is 0. The molecule has 0 aliphatic heterocycles. The monoisotopic (exact) mass is 384 g/mol.